The third-order valence-corrected chi connectivity index (χ3v) is 8.96. The van der Waals surface area contributed by atoms with E-state index >= 15 is 0 Å². The zero-order valence-electron chi connectivity index (χ0n) is 19.2. The van der Waals surface area contributed by atoms with E-state index in [0.29, 0.717) is 17.9 Å². The molecule has 35 heavy (non-hydrogen) atoms. The zero-order valence-corrected chi connectivity index (χ0v) is 20.8. The number of carbonyl (C=O) groups excluding carboxylic acids is 1. The number of sulfonamides is 1. The van der Waals surface area contributed by atoms with Crippen molar-refractivity contribution in [3.63, 3.8) is 0 Å². The van der Waals surface area contributed by atoms with E-state index in [9.17, 15) is 30.4 Å². The number of sulfone groups is 1. The number of rotatable bonds is 10. The predicted molar refractivity (Wildman–Crippen MR) is 124 cm³/mol. The van der Waals surface area contributed by atoms with Gasteiger partial charge >= 0.3 is 5.76 Å². The Bertz CT molecular complexity index is 1300. The van der Waals surface area contributed by atoms with Crippen LogP contribution in [0.2, 0.25) is 0 Å². The van der Waals surface area contributed by atoms with E-state index in [-0.39, 0.29) is 31.8 Å². The van der Waals surface area contributed by atoms with Gasteiger partial charge in [-0.1, -0.05) is 12.1 Å². The van der Waals surface area contributed by atoms with Crippen LogP contribution in [0.4, 0.5) is 8.78 Å². The molecule has 2 aromatic carbocycles. The largest absolute Gasteiger partial charge is 0.493 e. The zero-order chi connectivity index (χ0) is 25.8. The molecule has 1 amide bonds. The maximum absolute atomic E-state index is 12.9. The van der Waals surface area contributed by atoms with Crippen molar-refractivity contribution < 1.29 is 39.9 Å². The van der Waals surface area contributed by atoms with Gasteiger partial charge < -0.3 is 14.8 Å². The summed E-state index contributed by atoms with van der Waals surface area (Å²) in [7, 11) is -5.60. The van der Waals surface area contributed by atoms with Crippen LogP contribution < -0.4 is 14.8 Å². The summed E-state index contributed by atoms with van der Waals surface area (Å²) in [5.74, 6) is -3.73. The second kappa shape index (κ2) is 10.9. The Kier molecular flexibility index (Phi) is 8.34. The lowest BCUT2D eigenvalue weighted by Crippen LogP contribution is -2.38. The van der Waals surface area contributed by atoms with E-state index in [4.69, 9.17) is 9.47 Å². The molecule has 0 aromatic heterocycles. The average Bonchev–Trinajstić information content (AvgIpc) is 2.85. The first kappa shape index (κ1) is 26.8. The lowest BCUT2D eigenvalue weighted by atomic mass is 10.0. The van der Waals surface area contributed by atoms with Gasteiger partial charge in [0.05, 0.1) is 30.4 Å². The highest BCUT2D eigenvalue weighted by Crippen LogP contribution is 2.34. The van der Waals surface area contributed by atoms with Crippen LogP contribution in [0.5, 0.6) is 11.5 Å². The molecule has 0 atom stereocenters. The molecule has 0 saturated carbocycles. The van der Waals surface area contributed by atoms with Gasteiger partial charge in [-0.05, 0) is 48.2 Å². The van der Waals surface area contributed by atoms with Crippen LogP contribution >= 0.6 is 0 Å². The lowest BCUT2D eigenvalue weighted by Gasteiger charge is -2.29. The third kappa shape index (κ3) is 5.90. The Morgan fingerprint density at radius 3 is 2.31 bits per heavy atom. The Morgan fingerprint density at radius 2 is 1.69 bits per heavy atom. The molecule has 3 rings (SSSR count). The molecule has 192 valence electrons. The normalized spacial score (nSPS) is 14.4. The van der Waals surface area contributed by atoms with Gasteiger partial charge in [-0.25, -0.2) is 16.8 Å². The number of fused-ring (bicyclic) bond motifs is 1. The number of nitrogens with zero attached hydrogens (tertiary/aromatic N) is 1. The number of amides is 1. The lowest BCUT2D eigenvalue weighted by molar-refractivity contribution is 0.0950. The Labute approximate surface area is 203 Å². The van der Waals surface area contributed by atoms with Crippen molar-refractivity contribution in [2.45, 2.75) is 30.0 Å². The van der Waals surface area contributed by atoms with Crippen LogP contribution in [0, 0.1) is 0 Å². The minimum absolute atomic E-state index is 0.0487. The number of carbonyl (C=O) groups is 1. The second-order valence-corrected chi connectivity index (χ2v) is 11.8. The van der Waals surface area contributed by atoms with E-state index < -0.39 is 42.0 Å². The molecule has 1 aliphatic heterocycles. The number of hydrogen-bond acceptors (Lipinski definition) is 7. The summed E-state index contributed by atoms with van der Waals surface area (Å²) in [5.41, 5.74) is 1.36. The SMILES string of the molecule is COc1cc2c(cc1OC)CN(S(=O)(=O)CCCNC(=O)c1ccccc1S(=O)(=O)C(F)F)CC2. The summed E-state index contributed by atoms with van der Waals surface area (Å²) in [5, 5.41) is 2.41. The highest BCUT2D eigenvalue weighted by molar-refractivity contribution is 7.91. The number of methoxy groups -OCH3 is 2. The molecule has 0 unspecified atom stereocenters. The van der Waals surface area contributed by atoms with Gasteiger partial charge in [0, 0.05) is 19.6 Å². The van der Waals surface area contributed by atoms with Crippen molar-refractivity contribution in [3.05, 3.63) is 53.1 Å². The number of nitrogens with one attached hydrogen (secondary N) is 1. The molecule has 0 aliphatic carbocycles. The number of alkyl halides is 2. The van der Waals surface area contributed by atoms with Crippen molar-refractivity contribution in [3.8, 4) is 11.5 Å². The van der Waals surface area contributed by atoms with E-state index in [1.807, 2.05) is 6.07 Å². The van der Waals surface area contributed by atoms with Crippen molar-refractivity contribution in [1.82, 2.24) is 9.62 Å². The molecule has 1 N–H and O–H groups in total. The summed E-state index contributed by atoms with van der Waals surface area (Å²) in [6.07, 6.45) is 0.550. The van der Waals surface area contributed by atoms with Crippen LogP contribution in [0.3, 0.4) is 0 Å². The molecule has 2 aromatic rings. The van der Waals surface area contributed by atoms with Gasteiger partial charge in [0.25, 0.3) is 5.91 Å². The van der Waals surface area contributed by atoms with Crippen LogP contribution in [0.15, 0.2) is 41.3 Å². The number of hydrogen-bond donors (Lipinski definition) is 1. The van der Waals surface area contributed by atoms with Crippen molar-refractivity contribution >= 4 is 25.8 Å². The molecule has 1 heterocycles. The molecule has 13 heteroatoms. The molecule has 0 spiro atoms. The van der Waals surface area contributed by atoms with Gasteiger partial charge in [0.15, 0.2) is 11.5 Å². The van der Waals surface area contributed by atoms with Crippen LogP contribution in [-0.2, 0) is 32.8 Å². The molecule has 0 fully saturated rings. The first-order chi connectivity index (χ1) is 16.5. The quantitative estimate of drug-likeness (QED) is 0.466. The predicted octanol–water partition coefficient (Wildman–Crippen LogP) is 2.21. The minimum atomic E-state index is -4.97. The monoisotopic (exact) mass is 532 g/mol. The second-order valence-electron chi connectivity index (χ2n) is 7.79. The van der Waals surface area contributed by atoms with Gasteiger partial charge in [0.1, 0.15) is 0 Å². The van der Waals surface area contributed by atoms with Crippen molar-refractivity contribution in [2.75, 3.05) is 33.1 Å². The number of benzene rings is 2. The maximum atomic E-state index is 12.9. The molecular formula is C22H26F2N2O7S2. The van der Waals surface area contributed by atoms with Gasteiger partial charge in [0.2, 0.25) is 19.9 Å². The summed E-state index contributed by atoms with van der Waals surface area (Å²) in [4.78, 5) is 11.6. The van der Waals surface area contributed by atoms with Gasteiger partial charge in [-0.2, -0.15) is 13.1 Å². The molecular weight excluding hydrogens is 506 g/mol. The highest BCUT2D eigenvalue weighted by Gasteiger charge is 2.31. The number of halogens is 2. The molecule has 1 aliphatic rings. The fraction of sp³-hybridized carbons (Fsp3) is 0.409. The van der Waals surface area contributed by atoms with E-state index in [1.54, 1.807) is 6.07 Å². The smallest absolute Gasteiger partial charge is 0.341 e. The Morgan fingerprint density at radius 1 is 1.06 bits per heavy atom. The fourth-order valence-electron chi connectivity index (χ4n) is 3.77. The summed E-state index contributed by atoms with van der Waals surface area (Å²) in [6, 6.07) is 8.22. The highest BCUT2D eigenvalue weighted by atomic mass is 32.2. The van der Waals surface area contributed by atoms with E-state index in [0.717, 1.165) is 23.3 Å². The Balaban J connectivity index is 1.60. The minimum Gasteiger partial charge on any atom is -0.493 e. The first-order valence-corrected chi connectivity index (χ1v) is 13.8. The third-order valence-electron chi connectivity index (χ3n) is 5.61. The molecule has 0 radical (unpaired) electrons. The van der Waals surface area contributed by atoms with Gasteiger partial charge in [-0.15, -0.1) is 0 Å². The molecule has 9 nitrogen and oxygen atoms in total. The number of ether oxygens (including phenoxy) is 2. The van der Waals surface area contributed by atoms with Crippen LogP contribution in [-0.4, -0.2) is 65.9 Å². The topological polar surface area (TPSA) is 119 Å². The Hall–Kier alpha value is -2.77. The molecule has 0 bridgehead atoms. The van der Waals surface area contributed by atoms with E-state index in [2.05, 4.69) is 5.32 Å². The van der Waals surface area contributed by atoms with Crippen LogP contribution in [0.25, 0.3) is 0 Å². The van der Waals surface area contributed by atoms with Crippen LogP contribution in [0.1, 0.15) is 27.9 Å². The van der Waals surface area contributed by atoms with E-state index in [1.165, 1.54) is 30.7 Å². The fourth-order valence-corrected chi connectivity index (χ4v) is 6.17. The molecule has 0 saturated heterocycles. The average molecular weight is 533 g/mol. The van der Waals surface area contributed by atoms with Crippen molar-refractivity contribution in [1.29, 1.82) is 0 Å². The first-order valence-electron chi connectivity index (χ1n) is 10.6. The summed E-state index contributed by atoms with van der Waals surface area (Å²) >= 11 is 0. The summed E-state index contributed by atoms with van der Waals surface area (Å²) < 4.78 is 87.1. The van der Waals surface area contributed by atoms with Gasteiger partial charge in [-0.3, -0.25) is 4.79 Å². The summed E-state index contributed by atoms with van der Waals surface area (Å²) in [6.45, 7) is 0.371. The maximum Gasteiger partial charge on any atom is 0.341 e. The standard InChI is InChI=1S/C22H26F2N2O7S2/c1-32-18-12-15-8-10-26(14-16(15)13-19(18)33-2)34(28,29)11-5-9-25-21(27)17-6-3-4-7-20(17)35(30,31)22(23)24/h3-4,6-7,12-13,22H,5,8-11,14H2,1-2H3,(H,25,27). The van der Waals surface area contributed by atoms with Crippen molar-refractivity contribution in [2.24, 2.45) is 0 Å².